The summed E-state index contributed by atoms with van der Waals surface area (Å²) in [4.78, 5) is 13.5. The number of rotatable bonds is 6. The molecule has 0 aliphatic carbocycles. The van der Waals surface area contributed by atoms with Crippen LogP contribution in [0.1, 0.15) is 20.8 Å². The van der Waals surface area contributed by atoms with Crippen LogP contribution in [0.3, 0.4) is 0 Å². The zero-order chi connectivity index (χ0) is 16.9. The lowest BCUT2D eigenvalue weighted by Gasteiger charge is -2.39. The Kier molecular flexibility index (Phi) is 5.53. The summed E-state index contributed by atoms with van der Waals surface area (Å²) in [5.74, 6) is 1.93. The highest BCUT2D eigenvalue weighted by atomic mass is 16.6. The Hall–Kier alpha value is -2.17. The van der Waals surface area contributed by atoms with Crippen molar-refractivity contribution in [2.75, 3.05) is 26.3 Å². The van der Waals surface area contributed by atoms with Crippen LogP contribution in [0.2, 0.25) is 0 Å². The highest BCUT2D eigenvalue weighted by molar-refractivity contribution is 5.69. The van der Waals surface area contributed by atoms with Crippen LogP contribution in [0.4, 0.5) is 4.79 Å². The number of ether oxygens (including phenoxy) is 3. The molecule has 0 radical (unpaired) electrons. The van der Waals surface area contributed by atoms with E-state index in [1.54, 1.807) is 11.0 Å². The van der Waals surface area contributed by atoms with Gasteiger partial charge in [0, 0.05) is 19.0 Å². The number of carbonyl (C=O) groups is 1. The molecule has 23 heavy (non-hydrogen) atoms. The van der Waals surface area contributed by atoms with Gasteiger partial charge >= 0.3 is 6.09 Å². The second kappa shape index (κ2) is 7.40. The molecule has 1 heterocycles. The van der Waals surface area contributed by atoms with E-state index in [2.05, 4.69) is 6.58 Å². The van der Waals surface area contributed by atoms with E-state index in [4.69, 9.17) is 14.2 Å². The Morgan fingerprint density at radius 3 is 2.30 bits per heavy atom. The number of hydrogen-bond donors (Lipinski definition) is 0. The lowest BCUT2D eigenvalue weighted by Crippen LogP contribution is -2.53. The largest absolute Gasteiger partial charge is 0.493 e. The van der Waals surface area contributed by atoms with E-state index >= 15 is 0 Å². The molecule has 0 unspecified atom stereocenters. The van der Waals surface area contributed by atoms with Crippen LogP contribution < -0.4 is 9.47 Å². The predicted molar refractivity (Wildman–Crippen MR) is 88.9 cm³/mol. The maximum absolute atomic E-state index is 11.8. The van der Waals surface area contributed by atoms with E-state index in [9.17, 15) is 4.79 Å². The van der Waals surface area contributed by atoms with Crippen molar-refractivity contribution in [2.24, 2.45) is 5.92 Å². The lowest BCUT2D eigenvalue weighted by atomic mass is 10.0. The number of amides is 1. The van der Waals surface area contributed by atoms with Crippen molar-refractivity contribution in [3.8, 4) is 11.5 Å². The zero-order valence-corrected chi connectivity index (χ0v) is 14.1. The first-order valence-electron chi connectivity index (χ1n) is 7.82. The monoisotopic (exact) mass is 319 g/mol. The van der Waals surface area contributed by atoms with Gasteiger partial charge in [0.2, 0.25) is 0 Å². The van der Waals surface area contributed by atoms with Gasteiger partial charge in [-0.25, -0.2) is 4.79 Å². The lowest BCUT2D eigenvalue weighted by molar-refractivity contribution is -0.00781. The second-order valence-corrected chi connectivity index (χ2v) is 6.63. The molecule has 2 rings (SSSR count). The van der Waals surface area contributed by atoms with Gasteiger partial charge in [-0.05, 0) is 45.0 Å². The summed E-state index contributed by atoms with van der Waals surface area (Å²) in [5, 5.41) is 0. The van der Waals surface area contributed by atoms with Gasteiger partial charge in [0.1, 0.15) is 23.7 Å². The maximum atomic E-state index is 11.8. The number of carbonyl (C=O) groups excluding carboxylic acids is 1. The Morgan fingerprint density at radius 1 is 1.22 bits per heavy atom. The summed E-state index contributed by atoms with van der Waals surface area (Å²) in [6.45, 7) is 11.6. The highest BCUT2D eigenvalue weighted by Gasteiger charge is 2.33. The predicted octanol–water partition coefficient (Wildman–Crippen LogP) is 3.50. The molecule has 0 atom stereocenters. The summed E-state index contributed by atoms with van der Waals surface area (Å²) in [6, 6.07) is 7.49. The SMILES string of the molecule is C=CCOc1ccc(OCC2CN(C(=O)OC(C)(C)C)C2)cc1. The first-order valence-corrected chi connectivity index (χ1v) is 7.82. The quantitative estimate of drug-likeness (QED) is 0.753. The average molecular weight is 319 g/mol. The van der Waals surface area contributed by atoms with Crippen molar-refractivity contribution in [2.45, 2.75) is 26.4 Å². The van der Waals surface area contributed by atoms with Crippen molar-refractivity contribution in [3.05, 3.63) is 36.9 Å². The van der Waals surface area contributed by atoms with Crippen molar-refractivity contribution < 1.29 is 19.0 Å². The first kappa shape index (κ1) is 17.2. The molecule has 5 heteroatoms. The second-order valence-electron chi connectivity index (χ2n) is 6.63. The fourth-order valence-electron chi connectivity index (χ4n) is 2.15. The molecule has 1 aliphatic rings. The van der Waals surface area contributed by atoms with Gasteiger partial charge in [-0.3, -0.25) is 0 Å². The molecular formula is C18H25NO4. The summed E-state index contributed by atoms with van der Waals surface area (Å²) in [6.07, 6.45) is 1.45. The molecule has 0 spiro atoms. The van der Waals surface area contributed by atoms with Crippen LogP contribution in [-0.4, -0.2) is 42.9 Å². The number of nitrogens with zero attached hydrogens (tertiary/aromatic N) is 1. The molecule has 0 aromatic heterocycles. The van der Waals surface area contributed by atoms with Gasteiger partial charge in [0.15, 0.2) is 0 Å². The fraction of sp³-hybridized carbons (Fsp3) is 0.500. The van der Waals surface area contributed by atoms with E-state index < -0.39 is 5.60 Å². The minimum Gasteiger partial charge on any atom is -0.493 e. The van der Waals surface area contributed by atoms with Crippen molar-refractivity contribution >= 4 is 6.09 Å². The molecule has 1 aromatic carbocycles. The van der Waals surface area contributed by atoms with Crippen LogP contribution in [-0.2, 0) is 4.74 Å². The van der Waals surface area contributed by atoms with E-state index in [0.717, 1.165) is 11.5 Å². The highest BCUT2D eigenvalue weighted by Crippen LogP contribution is 2.22. The van der Waals surface area contributed by atoms with Gasteiger partial charge in [-0.15, -0.1) is 0 Å². The standard InChI is InChI=1S/C18H25NO4/c1-5-10-21-15-6-8-16(9-7-15)22-13-14-11-19(12-14)17(20)23-18(2,3)4/h5-9,14H,1,10-13H2,2-4H3. The smallest absolute Gasteiger partial charge is 0.410 e. The molecular weight excluding hydrogens is 294 g/mol. The van der Waals surface area contributed by atoms with Crippen LogP contribution in [0.15, 0.2) is 36.9 Å². The minimum absolute atomic E-state index is 0.252. The van der Waals surface area contributed by atoms with Gasteiger partial charge in [0.25, 0.3) is 0 Å². The van der Waals surface area contributed by atoms with Gasteiger partial charge < -0.3 is 19.1 Å². The Balaban J connectivity index is 1.68. The zero-order valence-electron chi connectivity index (χ0n) is 14.1. The van der Waals surface area contributed by atoms with Crippen molar-refractivity contribution in [3.63, 3.8) is 0 Å². The summed E-state index contributed by atoms with van der Waals surface area (Å²) < 4.78 is 16.5. The van der Waals surface area contributed by atoms with E-state index in [-0.39, 0.29) is 6.09 Å². The normalized spacial score (nSPS) is 14.8. The molecule has 1 amide bonds. The third-order valence-corrected chi connectivity index (χ3v) is 3.29. The van der Waals surface area contributed by atoms with E-state index in [0.29, 0.717) is 32.2 Å². The molecule has 1 aliphatic heterocycles. The molecule has 1 aromatic rings. The molecule has 0 saturated carbocycles. The first-order chi connectivity index (χ1) is 10.9. The molecule has 0 bridgehead atoms. The van der Waals surface area contributed by atoms with Crippen LogP contribution >= 0.6 is 0 Å². The molecule has 0 N–H and O–H groups in total. The number of hydrogen-bond acceptors (Lipinski definition) is 4. The summed E-state index contributed by atoms with van der Waals surface area (Å²) in [5.41, 5.74) is -0.450. The molecule has 1 saturated heterocycles. The van der Waals surface area contributed by atoms with Crippen molar-refractivity contribution in [1.82, 2.24) is 4.90 Å². The molecule has 5 nitrogen and oxygen atoms in total. The third-order valence-electron chi connectivity index (χ3n) is 3.29. The van der Waals surface area contributed by atoms with Gasteiger partial charge in [-0.2, -0.15) is 0 Å². The van der Waals surface area contributed by atoms with Crippen LogP contribution in [0.5, 0.6) is 11.5 Å². The fourth-order valence-corrected chi connectivity index (χ4v) is 2.15. The number of benzene rings is 1. The third kappa shape index (κ3) is 5.51. The average Bonchev–Trinajstić information content (AvgIpc) is 2.42. The summed E-state index contributed by atoms with van der Waals surface area (Å²) >= 11 is 0. The molecule has 1 fully saturated rings. The van der Waals surface area contributed by atoms with Crippen LogP contribution in [0, 0.1) is 5.92 Å². The topological polar surface area (TPSA) is 48.0 Å². The Labute approximate surface area is 137 Å². The van der Waals surface area contributed by atoms with Crippen LogP contribution in [0.25, 0.3) is 0 Å². The summed E-state index contributed by atoms with van der Waals surface area (Å²) in [7, 11) is 0. The minimum atomic E-state index is -0.450. The van der Waals surface area contributed by atoms with E-state index in [1.165, 1.54) is 0 Å². The van der Waals surface area contributed by atoms with E-state index in [1.807, 2.05) is 45.0 Å². The Bertz CT molecular complexity index is 527. The number of likely N-dealkylation sites (tertiary alicyclic amines) is 1. The van der Waals surface area contributed by atoms with Gasteiger partial charge in [0.05, 0.1) is 6.61 Å². The maximum Gasteiger partial charge on any atom is 0.410 e. The van der Waals surface area contributed by atoms with Gasteiger partial charge in [-0.1, -0.05) is 12.7 Å². The molecule has 126 valence electrons. The van der Waals surface area contributed by atoms with Crippen molar-refractivity contribution in [1.29, 1.82) is 0 Å². The Morgan fingerprint density at radius 2 is 1.78 bits per heavy atom.